The first kappa shape index (κ1) is 17.4. The zero-order chi connectivity index (χ0) is 17.8. The van der Waals surface area contributed by atoms with Gasteiger partial charge in [0.2, 0.25) is 0 Å². The van der Waals surface area contributed by atoms with Gasteiger partial charge in [-0.05, 0) is 78.0 Å². The number of fused-ring (bicyclic) bond motifs is 1. The zero-order valence-corrected chi connectivity index (χ0v) is 15.7. The van der Waals surface area contributed by atoms with Crippen LogP contribution in [-0.2, 0) is 6.42 Å². The van der Waals surface area contributed by atoms with Crippen LogP contribution in [-0.4, -0.2) is 10.2 Å². The fourth-order valence-electron chi connectivity index (χ4n) is 5.91. The van der Waals surface area contributed by atoms with Gasteiger partial charge in [0.1, 0.15) is 11.5 Å². The summed E-state index contributed by atoms with van der Waals surface area (Å²) in [7, 11) is 0. The number of hydrogen-bond donors (Lipinski definition) is 2. The molecule has 1 aromatic rings. The fraction of sp³-hybridized carbons (Fsp3) is 0.636. The Morgan fingerprint density at radius 3 is 2.54 bits per heavy atom. The highest BCUT2D eigenvalue weighted by Crippen LogP contribution is 2.66. The largest absolute Gasteiger partial charge is 0.508 e. The van der Waals surface area contributed by atoms with E-state index in [9.17, 15) is 10.2 Å². The average Bonchev–Trinajstić information content (AvgIpc) is 2.48. The Morgan fingerprint density at radius 1 is 1.12 bits per heavy atom. The highest BCUT2D eigenvalue weighted by molar-refractivity contribution is 5.41. The number of benzene rings is 1. The minimum Gasteiger partial charge on any atom is -0.508 e. The maximum Gasteiger partial charge on any atom is 0.119 e. The molecule has 0 spiro atoms. The van der Waals surface area contributed by atoms with Crippen LogP contribution in [0.25, 0.3) is 0 Å². The Bertz CT molecular complexity index is 660. The topological polar surface area (TPSA) is 40.5 Å². The van der Waals surface area contributed by atoms with E-state index in [0.717, 1.165) is 18.4 Å². The summed E-state index contributed by atoms with van der Waals surface area (Å²) in [5.41, 5.74) is 2.63. The van der Waals surface area contributed by atoms with Crippen LogP contribution >= 0.6 is 0 Å². The summed E-state index contributed by atoms with van der Waals surface area (Å²) in [5, 5.41) is 20.2. The first-order valence-corrected chi connectivity index (χ1v) is 9.29. The molecule has 3 rings (SSSR count). The molecule has 132 valence electrons. The molecule has 3 atom stereocenters. The molecule has 2 saturated carbocycles. The molecule has 2 heteroatoms. The molecular formula is C22H32O2. The van der Waals surface area contributed by atoms with E-state index in [-0.39, 0.29) is 22.3 Å². The minimum atomic E-state index is -0.0567. The average molecular weight is 328 g/mol. The summed E-state index contributed by atoms with van der Waals surface area (Å²) in [6.07, 6.45) is 6.82. The van der Waals surface area contributed by atoms with Crippen molar-refractivity contribution in [1.82, 2.24) is 0 Å². The fourth-order valence-corrected chi connectivity index (χ4v) is 5.91. The molecule has 1 unspecified atom stereocenters. The third-order valence-electron chi connectivity index (χ3n) is 7.61. The summed E-state index contributed by atoms with van der Waals surface area (Å²) in [6, 6.07) is 4.87. The highest BCUT2D eigenvalue weighted by atomic mass is 16.3. The lowest BCUT2D eigenvalue weighted by atomic mass is 9.42. The molecule has 0 heterocycles. The van der Waals surface area contributed by atoms with E-state index in [1.807, 2.05) is 0 Å². The van der Waals surface area contributed by atoms with Crippen LogP contribution in [0.1, 0.15) is 65.4 Å². The van der Waals surface area contributed by atoms with Crippen LogP contribution in [0.4, 0.5) is 0 Å². The number of allylic oxidation sites excluding steroid dienone is 1. The molecule has 0 saturated heterocycles. The van der Waals surface area contributed by atoms with Crippen molar-refractivity contribution in [2.24, 2.45) is 22.2 Å². The van der Waals surface area contributed by atoms with Crippen molar-refractivity contribution in [2.45, 2.75) is 66.2 Å². The molecule has 0 radical (unpaired) electrons. The molecule has 0 aromatic heterocycles. The normalized spacial score (nSPS) is 35.5. The van der Waals surface area contributed by atoms with E-state index in [4.69, 9.17) is 0 Å². The third-order valence-corrected chi connectivity index (χ3v) is 7.61. The quantitative estimate of drug-likeness (QED) is 0.530. The summed E-state index contributed by atoms with van der Waals surface area (Å²) < 4.78 is 0. The van der Waals surface area contributed by atoms with Crippen molar-refractivity contribution in [3.8, 4) is 11.5 Å². The van der Waals surface area contributed by atoms with Gasteiger partial charge in [-0.25, -0.2) is 0 Å². The van der Waals surface area contributed by atoms with E-state index in [1.165, 1.54) is 31.3 Å². The van der Waals surface area contributed by atoms with Crippen LogP contribution in [0.3, 0.4) is 0 Å². The minimum absolute atomic E-state index is 0.0567. The monoisotopic (exact) mass is 328 g/mol. The molecule has 0 bridgehead atoms. The molecule has 0 aliphatic heterocycles. The smallest absolute Gasteiger partial charge is 0.119 e. The number of aromatic hydroxyl groups is 2. The lowest BCUT2D eigenvalue weighted by molar-refractivity contribution is -0.0943. The lowest BCUT2D eigenvalue weighted by Gasteiger charge is -2.63. The Morgan fingerprint density at radius 2 is 1.83 bits per heavy atom. The third kappa shape index (κ3) is 2.46. The van der Waals surface area contributed by atoms with E-state index < -0.39 is 0 Å². The first-order valence-electron chi connectivity index (χ1n) is 9.29. The van der Waals surface area contributed by atoms with Gasteiger partial charge in [-0.3, -0.25) is 0 Å². The maximum atomic E-state index is 10.3. The second kappa shape index (κ2) is 5.54. The van der Waals surface area contributed by atoms with Gasteiger partial charge in [-0.15, -0.1) is 0 Å². The van der Waals surface area contributed by atoms with Crippen molar-refractivity contribution >= 4 is 0 Å². The van der Waals surface area contributed by atoms with Gasteiger partial charge in [-0.1, -0.05) is 46.3 Å². The molecule has 1 aromatic carbocycles. The van der Waals surface area contributed by atoms with E-state index in [1.54, 1.807) is 18.2 Å². The van der Waals surface area contributed by atoms with Gasteiger partial charge in [0.05, 0.1) is 0 Å². The van der Waals surface area contributed by atoms with Crippen LogP contribution in [0.15, 0.2) is 30.4 Å². The molecular weight excluding hydrogens is 296 g/mol. The van der Waals surface area contributed by atoms with Gasteiger partial charge < -0.3 is 10.2 Å². The van der Waals surface area contributed by atoms with Crippen molar-refractivity contribution in [1.29, 1.82) is 0 Å². The van der Waals surface area contributed by atoms with Gasteiger partial charge in [0.25, 0.3) is 0 Å². The summed E-state index contributed by atoms with van der Waals surface area (Å²) in [5.74, 6) is 1.18. The van der Waals surface area contributed by atoms with Gasteiger partial charge >= 0.3 is 0 Å². The number of rotatable bonds is 2. The summed E-state index contributed by atoms with van der Waals surface area (Å²) in [6.45, 7) is 14.1. The summed E-state index contributed by atoms with van der Waals surface area (Å²) >= 11 is 0. The first-order chi connectivity index (χ1) is 11.1. The van der Waals surface area contributed by atoms with Crippen LogP contribution in [0.2, 0.25) is 0 Å². The molecule has 2 fully saturated rings. The zero-order valence-electron chi connectivity index (χ0n) is 15.7. The van der Waals surface area contributed by atoms with Crippen LogP contribution in [0.5, 0.6) is 11.5 Å². The van der Waals surface area contributed by atoms with Crippen LogP contribution in [0, 0.1) is 22.2 Å². The predicted octanol–water partition coefficient (Wildman–Crippen LogP) is 5.83. The second-order valence-corrected chi connectivity index (χ2v) is 9.28. The van der Waals surface area contributed by atoms with Gasteiger partial charge in [0, 0.05) is 0 Å². The van der Waals surface area contributed by atoms with Crippen LogP contribution < -0.4 is 0 Å². The van der Waals surface area contributed by atoms with Crippen molar-refractivity contribution in [3.05, 3.63) is 35.9 Å². The van der Waals surface area contributed by atoms with E-state index in [2.05, 4.69) is 34.3 Å². The molecule has 2 nitrogen and oxygen atoms in total. The Hall–Kier alpha value is -1.44. The van der Waals surface area contributed by atoms with E-state index in [0.29, 0.717) is 11.3 Å². The molecule has 24 heavy (non-hydrogen) atoms. The Kier molecular flexibility index (Phi) is 4.01. The van der Waals surface area contributed by atoms with Crippen molar-refractivity contribution in [2.75, 3.05) is 0 Å². The molecule has 2 N–H and O–H groups in total. The Labute approximate surface area is 146 Å². The molecule has 0 amide bonds. The van der Waals surface area contributed by atoms with Crippen molar-refractivity contribution in [3.63, 3.8) is 0 Å². The van der Waals surface area contributed by atoms with E-state index >= 15 is 0 Å². The number of phenols is 2. The predicted molar refractivity (Wildman–Crippen MR) is 99.2 cm³/mol. The highest BCUT2D eigenvalue weighted by Gasteiger charge is 2.58. The SMILES string of the molecule is C=C1CCC2C(C)(C)CCC[C@@]2(C)[C@]1(C)Cc1cc(O)ccc1O. The Balaban J connectivity index is 2.05. The lowest BCUT2D eigenvalue weighted by Crippen LogP contribution is -2.55. The standard InChI is InChI=1S/C22H32O2/c1-15-7-10-19-20(2,3)11-6-12-21(19,4)22(15,5)14-16-13-17(23)8-9-18(16)24/h8-9,13,19,23-24H,1,6-7,10-12,14H2,2-5H3/t19?,21-,22-/m1/s1. The second-order valence-electron chi connectivity index (χ2n) is 9.28. The number of phenolic OH excluding ortho intramolecular Hbond substituents is 2. The van der Waals surface area contributed by atoms with Gasteiger partial charge in [-0.2, -0.15) is 0 Å². The van der Waals surface area contributed by atoms with Crippen molar-refractivity contribution < 1.29 is 10.2 Å². The summed E-state index contributed by atoms with van der Waals surface area (Å²) in [4.78, 5) is 0. The van der Waals surface area contributed by atoms with Gasteiger partial charge in [0.15, 0.2) is 0 Å². The maximum absolute atomic E-state index is 10.3. The number of hydrogen-bond acceptors (Lipinski definition) is 2. The molecule has 2 aliphatic carbocycles. The molecule has 2 aliphatic rings.